The molecule has 0 amide bonds. The molecule has 8 nitrogen and oxygen atoms in total. The lowest BCUT2D eigenvalue weighted by atomic mass is 10.1. The van der Waals surface area contributed by atoms with Crippen molar-refractivity contribution in [3.05, 3.63) is 87.6 Å². The number of tetrazole rings is 1. The van der Waals surface area contributed by atoms with Crippen LogP contribution in [-0.4, -0.2) is 24.4 Å². The highest BCUT2D eigenvalue weighted by atomic mass is 16.5. The number of nitriles is 1. The summed E-state index contributed by atoms with van der Waals surface area (Å²) in [7, 11) is 1.56. The minimum atomic E-state index is -0.317. The lowest BCUT2D eigenvalue weighted by Crippen LogP contribution is -2.23. The van der Waals surface area contributed by atoms with Gasteiger partial charge in [0.1, 0.15) is 24.1 Å². The van der Waals surface area contributed by atoms with E-state index in [1.165, 1.54) is 9.36 Å². The van der Waals surface area contributed by atoms with Crippen LogP contribution in [0.25, 0.3) is 11.4 Å². The van der Waals surface area contributed by atoms with Crippen LogP contribution in [0.15, 0.2) is 59.5 Å². The normalized spacial score (nSPS) is 10.7. The molecule has 0 unspecified atom stereocenters. The van der Waals surface area contributed by atoms with Gasteiger partial charge in [0.15, 0.2) is 0 Å². The van der Waals surface area contributed by atoms with Crippen LogP contribution in [-0.2, 0) is 13.7 Å². The second-order valence-electron chi connectivity index (χ2n) is 6.98. The fraction of sp³-hybridized carbons (Fsp3) is 0.182. The van der Waals surface area contributed by atoms with Crippen LogP contribution < -0.4 is 10.4 Å². The third-order valence-corrected chi connectivity index (χ3v) is 5.01. The summed E-state index contributed by atoms with van der Waals surface area (Å²) in [6, 6.07) is 17.2. The fourth-order valence-electron chi connectivity index (χ4n) is 3.33. The smallest absolute Gasteiger partial charge is 0.368 e. The molecule has 0 saturated heterocycles. The number of aryl methyl sites for hydroxylation is 3. The molecule has 30 heavy (non-hydrogen) atoms. The van der Waals surface area contributed by atoms with Crippen LogP contribution in [0.2, 0.25) is 0 Å². The first-order valence-electron chi connectivity index (χ1n) is 9.38. The number of nitrogens with zero attached hydrogens (tertiary/aromatic N) is 6. The van der Waals surface area contributed by atoms with Crippen molar-refractivity contribution in [3.8, 4) is 23.2 Å². The maximum Gasteiger partial charge on any atom is 0.368 e. The Labute approximate surface area is 173 Å². The third-order valence-electron chi connectivity index (χ3n) is 5.01. The first kappa shape index (κ1) is 19.2. The molecule has 0 aliphatic rings. The van der Waals surface area contributed by atoms with E-state index in [-0.39, 0.29) is 12.3 Å². The molecule has 0 radical (unpaired) electrons. The predicted octanol–water partition coefficient (Wildman–Crippen LogP) is 2.82. The summed E-state index contributed by atoms with van der Waals surface area (Å²) in [5.74, 6) is 0.727. The lowest BCUT2D eigenvalue weighted by molar-refractivity contribution is 0.302. The Balaban J connectivity index is 1.63. The number of benzene rings is 2. The Morgan fingerprint density at radius 1 is 1.07 bits per heavy atom. The van der Waals surface area contributed by atoms with Gasteiger partial charge in [-0.15, -0.1) is 0 Å². The van der Waals surface area contributed by atoms with E-state index >= 15 is 0 Å². The molecule has 2 aromatic heterocycles. The van der Waals surface area contributed by atoms with E-state index in [1.54, 1.807) is 13.1 Å². The van der Waals surface area contributed by atoms with Crippen molar-refractivity contribution < 1.29 is 4.74 Å². The molecule has 150 valence electrons. The molecule has 0 atom stereocenters. The summed E-state index contributed by atoms with van der Waals surface area (Å²) >= 11 is 0. The van der Waals surface area contributed by atoms with E-state index in [0.717, 1.165) is 28.1 Å². The van der Waals surface area contributed by atoms with Crippen LogP contribution in [0.1, 0.15) is 22.4 Å². The lowest BCUT2D eigenvalue weighted by Gasteiger charge is -2.15. The molecule has 2 aromatic carbocycles. The Kier molecular flexibility index (Phi) is 4.94. The Hall–Kier alpha value is -4.12. The summed E-state index contributed by atoms with van der Waals surface area (Å²) < 4.78 is 10.4. The average molecular weight is 400 g/mol. The first-order valence-corrected chi connectivity index (χ1v) is 9.38. The van der Waals surface area contributed by atoms with Gasteiger partial charge in [-0.1, -0.05) is 12.1 Å². The van der Waals surface area contributed by atoms with E-state index in [9.17, 15) is 10.1 Å². The molecular weight excluding hydrogens is 380 g/mol. The van der Waals surface area contributed by atoms with Gasteiger partial charge in [-0.2, -0.15) is 14.6 Å². The van der Waals surface area contributed by atoms with Crippen molar-refractivity contribution in [1.29, 1.82) is 5.26 Å². The van der Waals surface area contributed by atoms with E-state index in [0.29, 0.717) is 11.4 Å². The summed E-state index contributed by atoms with van der Waals surface area (Å²) in [5, 5.41) is 17.0. The predicted molar refractivity (Wildman–Crippen MR) is 111 cm³/mol. The maximum absolute atomic E-state index is 12.3. The largest absolute Gasteiger partial charge is 0.489 e. The fourth-order valence-corrected chi connectivity index (χ4v) is 3.33. The number of ether oxygens (including phenoxy) is 1. The zero-order chi connectivity index (χ0) is 21.3. The maximum atomic E-state index is 12.3. The molecule has 4 aromatic rings. The summed E-state index contributed by atoms with van der Waals surface area (Å²) in [6.07, 6.45) is 1.85. The van der Waals surface area contributed by atoms with Gasteiger partial charge in [0.25, 0.3) is 0 Å². The molecule has 0 N–H and O–H groups in total. The Morgan fingerprint density at radius 3 is 2.60 bits per heavy atom. The first-order chi connectivity index (χ1) is 14.5. The minimum absolute atomic E-state index is 0.276. The van der Waals surface area contributed by atoms with E-state index in [2.05, 4.69) is 16.5 Å². The van der Waals surface area contributed by atoms with Gasteiger partial charge < -0.3 is 9.30 Å². The number of rotatable bonds is 5. The summed E-state index contributed by atoms with van der Waals surface area (Å²) in [6.45, 7) is 4.20. The third kappa shape index (κ3) is 3.37. The van der Waals surface area contributed by atoms with Gasteiger partial charge in [-0.25, -0.2) is 4.79 Å². The van der Waals surface area contributed by atoms with Crippen molar-refractivity contribution >= 4 is 0 Å². The molecule has 0 saturated carbocycles. The monoisotopic (exact) mass is 400 g/mol. The molecule has 0 bridgehead atoms. The quantitative estimate of drug-likeness (QED) is 0.514. The SMILES string of the molecule is Cc1cc(-n2cccc2C#N)ccc1OCc1c(C)cccc1-n1nnn(C)c1=O. The van der Waals surface area contributed by atoms with Crippen molar-refractivity contribution in [3.63, 3.8) is 0 Å². The van der Waals surface area contributed by atoms with Gasteiger partial charge in [-0.05, 0) is 71.8 Å². The van der Waals surface area contributed by atoms with Crippen molar-refractivity contribution in [2.24, 2.45) is 7.05 Å². The molecule has 4 rings (SSSR count). The van der Waals surface area contributed by atoms with Gasteiger partial charge in [0.2, 0.25) is 0 Å². The highest BCUT2D eigenvalue weighted by Crippen LogP contribution is 2.25. The van der Waals surface area contributed by atoms with Crippen LogP contribution in [0.5, 0.6) is 5.75 Å². The summed E-state index contributed by atoms with van der Waals surface area (Å²) in [5.41, 5.74) is 4.59. The average Bonchev–Trinajstić information content (AvgIpc) is 3.34. The van der Waals surface area contributed by atoms with Crippen molar-refractivity contribution in [1.82, 2.24) is 24.4 Å². The molecule has 0 aliphatic carbocycles. The van der Waals surface area contributed by atoms with Crippen LogP contribution in [0, 0.1) is 25.2 Å². The topological polar surface area (TPSA) is 90.7 Å². The zero-order valence-electron chi connectivity index (χ0n) is 16.9. The Morgan fingerprint density at radius 2 is 1.90 bits per heavy atom. The minimum Gasteiger partial charge on any atom is -0.489 e. The van der Waals surface area contributed by atoms with Gasteiger partial charge >= 0.3 is 5.69 Å². The van der Waals surface area contributed by atoms with Gasteiger partial charge in [-0.3, -0.25) is 0 Å². The zero-order valence-corrected chi connectivity index (χ0v) is 16.9. The van der Waals surface area contributed by atoms with E-state index < -0.39 is 0 Å². The molecule has 0 fully saturated rings. The van der Waals surface area contributed by atoms with E-state index in [1.807, 2.05) is 67.1 Å². The van der Waals surface area contributed by atoms with Gasteiger partial charge in [0.05, 0.1) is 5.69 Å². The van der Waals surface area contributed by atoms with Crippen LogP contribution in [0.3, 0.4) is 0 Å². The second kappa shape index (κ2) is 7.72. The van der Waals surface area contributed by atoms with Gasteiger partial charge in [0, 0.05) is 24.5 Å². The second-order valence-corrected chi connectivity index (χ2v) is 6.98. The van der Waals surface area contributed by atoms with Crippen LogP contribution in [0.4, 0.5) is 0 Å². The molecule has 0 aliphatic heterocycles. The number of hydrogen-bond acceptors (Lipinski definition) is 5. The molecule has 0 spiro atoms. The van der Waals surface area contributed by atoms with E-state index in [4.69, 9.17) is 4.74 Å². The van der Waals surface area contributed by atoms with Crippen molar-refractivity contribution in [2.45, 2.75) is 20.5 Å². The molecular formula is C22H20N6O2. The molecule has 8 heteroatoms. The highest BCUT2D eigenvalue weighted by Gasteiger charge is 2.14. The highest BCUT2D eigenvalue weighted by molar-refractivity contribution is 5.48. The molecule has 2 heterocycles. The Bertz CT molecular complexity index is 1320. The standard InChI is InChI=1S/C22H20N6O2/c1-15-6-4-8-20(28-22(29)26(3)24-25-28)19(15)14-30-21-10-9-17(12-16(21)2)27-11-5-7-18(27)13-23/h4-12H,14H2,1-3H3. The number of hydrogen-bond donors (Lipinski definition) is 0. The number of aromatic nitrogens is 5. The van der Waals surface area contributed by atoms with Crippen molar-refractivity contribution in [2.75, 3.05) is 0 Å². The summed E-state index contributed by atoms with van der Waals surface area (Å²) in [4.78, 5) is 12.3. The van der Waals surface area contributed by atoms with Crippen LogP contribution >= 0.6 is 0 Å².